The van der Waals surface area contributed by atoms with E-state index in [1.807, 2.05) is 0 Å². The van der Waals surface area contributed by atoms with Crippen LogP contribution in [0, 0.1) is 0 Å². The van der Waals surface area contributed by atoms with Gasteiger partial charge in [-0.15, -0.1) is 11.6 Å². The van der Waals surface area contributed by atoms with E-state index in [9.17, 15) is 0 Å². The molecule has 0 radical (unpaired) electrons. The first-order chi connectivity index (χ1) is 3.81. The highest BCUT2D eigenvalue weighted by molar-refractivity contribution is 9.12. The summed E-state index contributed by atoms with van der Waals surface area (Å²) in [6.45, 7) is 0.600. The number of rotatable bonds is 4. The number of hydrogen-bond donors (Lipinski definition) is 0. The van der Waals surface area contributed by atoms with E-state index in [0.717, 1.165) is 5.33 Å². The molecule has 0 heterocycles. The minimum atomic E-state index is 0.0984. The monoisotopic (exact) mass is 264 g/mol. The van der Waals surface area contributed by atoms with Crippen molar-refractivity contribution in [3.05, 3.63) is 0 Å². The zero-order chi connectivity index (χ0) is 6.41. The molecular formula is C4H7Br2ClO. The summed E-state index contributed by atoms with van der Waals surface area (Å²) in [6, 6.07) is 0. The van der Waals surface area contributed by atoms with Gasteiger partial charge >= 0.3 is 0 Å². The maximum absolute atomic E-state index is 5.34. The minimum Gasteiger partial charge on any atom is -0.365 e. The molecule has 1 nitrogen and oxygen atoms in total. The van der Waals surface area contributed by atoms with Crippen LogP contribution in [0.1, 0.15) is 0 Å². The fourth-order valence-electron chi connectivity index (χ4n) is 0.217. The van der Waals surface area contributed by atoms with Crippen molar-refractivity contribution in [1.29, 1.82) is 0 Å². The van der Waals surface area contributed by atoms with Gasteiger partial charge in [-0.3, -0.25) is 0 Å². The van der Waals surface area contributed by atoms with Gasteiger partial charge in [-0.05, 0) is 0 Å². The van der Waals surface area contributed by atoms with Crippen molar-refractivity contribution in [2.75, 3.05) is 17.8 Å². The summed E-state index contributed by atoms with van der Waals surface area (Å²) in [5, 5.41) is 0.894. The summed E-state index contributed by atoms with van der Waals surface area (Å²) in [6.07, 6.45) is 0. The SMILES string of the molecule is ClCCOC(Br)CBr. The van der Waals surface area contributed by atoms with Crippen LogP contribution < -0.4 is 0 Å². The molecule has 8 heavy (non-hydrogen) atoms. The number of alkyl halides is 3. The molecule has 50 valence electrons. The molecule has 0 aliphatic rings. The van der Waals surface area contributed by atoms with Gasteiger partial charge in [0.1, 0.15) is 5.01 Å². The van der Waals surface area contributed by atoms with Gasteiger partial charge in [0.15, 0.2) is 0 Å². The lowest BCUT2D eigenvalue weighted by Crippen LogP contribution is -2.07. The number of halogens is 3. The van der Waals surface area contributed by atoms with Crippen molar-refractivity contribution in [2.24, 2.45) is 0 Å². The average Bonchev–Trinajstić information content (AvgIpc) is 1.83. The molecule has 0 N–H and O–H groups in total. The fraction of sp³-hybridized carbons (Fsp3) is 1.00. The second kappa shape index (κ2) is 6.33. The van der Waals surface area contributed by atoms with E-state index in [0.29, 0.717) is 12.5 Å². The Morgan fingerprint density at radius 1 is 1.62 bits per heavy atom. The largest absolute Gasteiger partial charge is 0.365 e. The molecule has 0 aliphatic heterocycles. The minimum absolute atomic E-state index is 0.0984. The van der Waals surface area contributed by atoms with E-state index >= 15 is 0 Å². The molecule has 0 bridgehead atoms. The van der Waals surface area contributed by atoms with Crippen LogP contribution in [0.25, 0.3) is 0 Å². The normalized spacial score (nSPS) is 13.9. The maximum Gasteiger partial charge on any atom is 0.122 e. The molecule has 0 aliphatic carbocycles. The highest BCUT2D eigenvalue weighted by Crippen LogP contribution is 2.04. The molecule has 0 saturated heterocycles. The van der Waals surface area contributed by atoms with Gasteiger partial charge in [0, 0.05) is 11.2 Å². The van der Waals surface area contributed by atoms with Crippen LogP contribution in [0.15, 0.2) is 0 Å². The van der Waals surface area contributed by atoms with Crippen LogP contribution in [0.2, 0.25) is 0 Å². The molecule has 0 amide bonds. The zero-order valence-electron chi connectivity index (χ0n) is 4.24. The summed E-state index contributed by atoms with van der Waals surface area (Å²) in [5.41, 5.74) is 0. The van der Waals surface area contributed by atoms with Crippen LogP contribution in [0.4, 0.5) is 0 Å². The Labute approximate surface area is 71.0 Å². The van der Waals surface area contributed by atoms with E-state index in [1.54, 1.807) is 0 Å². The Morgan fingerprint density at radius 2 is 2.25 bits per heavy atom. The standard InChI is InChI=1S/C4H7Br2ClO/c5-3-4(6)8-2-1-7/h4H,1-3H2. The van der Waals surface area contributed by atoms with Gasteiger partial charge in [-0.2, -0.15) is 0 Å². The van der Waals surface area contributed by atoms with Gasteiger partial charge in [0.2, 0.25) is 0 Å². The third-order valence-corrected chi connectivity index (χ3v) is 2.70. The molecule has 0 saturated carbocycles. The topological polar surface area (TPSA) is 9.23 Å². The van der Waals surface area contributed by atoms with Crippen LogP contribution >= 0.6 is 43.5 Å². The van der Waals surface area contributed by atoms with Crippen LogP contribution in [-0.4, -0.2) is 22.8 Å². The van der Waals surface area contributed by atoms with E-state index in [-0.39, 0.29) is 5.01 Å². The smallest absolute Gasteiger partial charge is 0.122 e. The molecule has 0 fully saturated rings. The first kappa shape index (κ1) is 9.21. The molecule has 0 aromatic heterocycles. The Kier molecular flexibility index (Phi) is 7.29. The van der Waals surface area contributed by atoms with Crippen molar-refractivity contribution < 1.29 is 4.74 Å². The quantitative estimate of drug-likeness (QED) is 0.710. The van der Waals surface area contributed by atoms with Gasteiger partial charge in [0.25, 0.3) is 0 Å². The van der Waals surface area contributed by atoms with Crippen molar-refractivity contribution in [1.82, 2.24) is 0 Å². The van der Waals surface area contributed by atoms with E-state index < -0.39 is 0 Å². The highest BCUT2D eigenvalue weighted by Gasteiger charge is 1.97. The van der Waals surface area contributed by atoms with Crippen molar-refractivity contribution in [3.63, 3.8) is 0 Å². The molecule has 0 spiro atoms. The van der Waals surface area contributed by atoms with Crippen molar-refractivity contribution >= 4 is 43.5 Å². The van der Waals surface area contributed by atoms with Gasteiger partial charge in [-0.25, -0.2) is 0 Å². The summed E-state index contributed by atoms with van der Waals surface area (Å²) in [7, 11) is 0. The second-order valence-electron chi connectivity index (χ2n) is 1.12. The zero-order valence-corrected chi connectivity index (χ0v) is 8.17. The van der Waals surface area contributed by atoms with Crippen LogP contribution in [0.5, 0.6) is 0 Å². The van der Waals surface area contributed by atoms with Gasteiger partial charge in [0.05, 0.1) is 6.61 Å². The van der Waals surface area contributed by atoms with Gasteiger partial charge in [-0.1, -0.05) is 31.9 Å². The lowest BCUT2D eigenvalue weighted by molar-refractivity contribution is 0.147. The molecular weight excluding hydrogens is 259 g/mol. The van der Waals surface area contributed by atoms with E-state index in [4.69, 9.17) is 16.3 Å². The van der Waals surface area contributed by atoms with Crippen molar-refractivity contribution in [3.8, 4) is 0 Å². The second-order valence-corrected chi connectivity index (χ2v) is 3.17. The first-order valence-corrected chi connectivity index (χ1v) is 4.76. The van der Waals surface area contributed by atoms with Crippen molar-refractivity contribution in [2.45, 2.75) is 5.01 Å². The summed E-state index contributed by atoms with van der Waals surface area (Å²) in [4.78, 5) is 0. The summed E-state index contributed by atoms with van der Waals surface area (Å²) in [5.74, 6) is 0.551. The third-order valence-electron chi connectivity index (χ3n) is 0.497. The maximum atomic E-state index is 5.34. The molecule has 4 heteroatoms. The molecule has 0 rings (SSSR count). The average molecular weight is 266 g/mol. The first-order valence-electron chi connectivity index (χ1n) is 2.19. The molecule has 0 aromatic carbocycles. The Hall–Kier alpha value is 1.21. The van der Waals surface area contributed by atoms with Gasteiger partial charge < -0.3 is 4.74 Å². The lowest BCUT2D eigenvalue weighted by atomic mass is 10.8. The number of hydrogen-bond acceptors (Lipinski definition) is 1. The predicted octanol–water partition coefficient (Wildman–Crippen LogP) is 2.36. The fourth-order valence-corrected chi connectivity index (χ4v) is 0.680. The summed E-state index contributed by atoms with van der Waals surface area (Å²) < 4.78 is 5.08. The Bertz CT molecular complexity index is 53.3. The molecule has 1 atom stereocenters. The predicted molar refractivity (Wildman–Crippen MR) is 43.2 cm³/mol. The van der Waals surface area contributed by atoms with Crippen LogP contribution in [-0.2, 0) is 4.74 Å². The van der Waals surface area contributed by atoms with E-state index in [1.165, 1.54) is 0 Å². The lowest BCUT2D eigenvalue weighted by Gasteiger charge is -2.04. The Balaban J connectivity index is 2.86. The Morgan fingerprint density at radius 3 is 2.62 bits per heavy atom. The highest BCUT2D eigenvalue weighted by atomic mass is 79.9. The summed E-state index contributed by atoms with van der Waals surface area (Å²) >= 11 is 11.8. The molecule has 1 unspecified atom stereocenters. The number of ether oxygens (including phenoxy) is 1. The third kappa shape index (κ3) is 5.35. The van der Waals surface area contributed by atoms with E-state index in [2.05, 4.69) is 31.9 Å². The van der Waals surface area contributed by atoms with Crippen LogP contribution in [0.3, 0.4) is 0 Å². The molecule has 0 aromatic rings.